The summed E-state index contributed by atoms with van der Waals surface area (Å²) < 4.78 is 10.1. The van der Waals surface area contributed by atoms with E-state index in [2.05, 4.69) is 51.8 Å². The summed E-state index contributed by atoms with van der Waals surface area (Å²) in [4.78, 5) is 6.54. The van der Waals surface area contributed by atoms with Gasteiger partial charge >= 0.3 is 0 Å². The fraction of sp³-hybridized carbons (Fsp3) is 0.263. The minimum atomic E-state index is 0.701. The van der Waals surface area contributed by atoms with Gasteiger partial charge in [-0.2, -0.15) is 5.10 Å². The number of anilines is 1. The van der Waals surface area contributed by atoms with Gasteiger partial charge in [0.25, 0.3) is 0 Å². The third-order valence-corrected chi connectivity index (χ3v) is 4.67. The van der Waals surface area contributed by atoms with Gasteiger partial charge in [0, 0.05) is 37.1 Å². The first-order chi connectivity index (χ1) is 12.3. The molecule has 3 aromatic rings. The monoisotopic (exact) mass is 333 g/mol. The van der Waals surface area contributed by atoms with Crippen LogP contribution < -0.4 is 9.64 Å². The van der Waals surface area contributed by atoms with E-state index < -0.39 is 0 Å². The third kappa shape index (κ3) is 2.33. The lowest BCUT2D eigenvalue weighted by molar-refractivity contribution is 0.231. The van der Waals surface area contributed by atoms with Crippen molar-refractivity contribution >= 4 is 11.8 Å². The number of imidazole rings is 1. The molecule has 1 aromatic carbocycles. The summed E-state index contributed by atoms with van der Waals surface area (Å²) in [5, 5.41) is 4.87. The van der Waals surface area contributed by atoms with Crippen LogP contribution in [0.25, 0.3) is 17.3 Å². The Labute approximate surface area is 146 Å². The van der Waals surface area contributed by atoms with E-state index >= 15 is 0 Å². The molecule has 0 unspecified atom stereocenters. The van der Waals surface area contributed by atoms with Gasteiger partial charge in [-0.05, 0) is 19.1 Å². The highest BCUT2D eigenvalue weighted by atomic mass is 16.5. The molecule has 6 nitrogen and oxygen atoms in total. The number of ether oxygens (including phenoxy) is 1. The number of hydrogen-bond acceptors (Lipinski definition) is 4. The largest absolute Gasteiger partial charge is 0.476 e. The maximum atomic E-state index is 6.01. The minimum absolute atomic E-state index is 0.701. The lowest BCUT2D eigenvalue weighted by Gasteiger charge is -2.26. The van der Waals surface area contributed by atoms with Crippen LogP contribution in [0.3, 0.4) is 0 Å². The molecule has 0 atom stereocenters. The molecule has 2 aliphatic rings. The maximum absolute atomic E-state index is 6.01. The first-order valence-electron chi connectivity index (χ1n) is 8.56. The summed E-state index contributed by atoms with van der Waals surface area (Å²) in [6, 6.07) is 8.47. The van der Waals surface area contributed by atoms with Crippen LogP contribution in [-0.4, -0.2) is 25.9 Å². The predicted octanol–water partition coefficient (Wildman–Crippen LogP) is 3.29. The van der Waals surface area contributed by atoms with E-state index in [1.807, 2.05) is 23.2 Å². The van der Waals surface area contributed by atoms with Gasteiger partial charge in [0.05, 0.1) is 6.61 Å². The Morgan fingerprint density at radius 1 is 1.24 bits per heavy atom. The van der Waals surface area contributed by atoms with E-state index in [9.17, 15) is 0 Å². The number of aromatic nitrogens is 4. The van der Waals surface area contributed by atoms with Crippen molar-refractivity contribution in [2.24, 2.45) is 0 Å². The van der Waals surface area contributed by atoms with Crippen molar-refractivity contribution < 1.29 is 4.74 Å². The predicted molar refractivity (Wildman–Crippen MR) is 96.3 cm³/mol. The van der Waals surface area contributed by atoms with Crippen LogP contribution >= 0.6 is 0 Å². The van der Waals surface area contributed by atoms with Crippen LogP contribution in [0.4, 0.5) is 5.69 Å². The molecule has 0 saturated carbocycles. The molecule has 126 valence electrons. The normalized spacial score (nSPS) is 15.6. The Morgan fingerprint density at radius 3 is 3.12 bits per heavy atom. The van der Waals surface area contributed by atoms with E-state index in [0.717, 1.165) is 48.2 Å². The second-order valence-electron chi connectivity index (χ2n) is 6.48. The molecule has 5 rings (SSSR count). The average molecular weight is 333 g/mol. The zero-order chi connectivity index (χ0) is 16.8. The minimum Gasteiger partial charge on any atom is -0.476 e. The fourth-order valence-corrected chi connectivity index (χ4v) is 3.47. The fourth-order valence-electron chi connectivity index (χ4n) is 3.47. The maximum Gasteiger partial charge on any atom is 0.237 e. The van der Waals surface area contributed by atoms with Crippen molar-refractivity contribution in [2.75, 3.05) is 11.5 Å². The first kappa shape index (κ1) is 14.3. The number of fused-ring (bicyclic) bond motifs is 2. The van der Waals surface area contributed by atoms with Gasteiger partial charge in [-0.15, -0.1) is 0 Å². The number of benzene rings is 1. The summed E-state index contributed by atoms with van der Waals surface area (Å²) >= 11 is 0. The highest BCUT2D eigenvalue weighted by molar-refractivity contribution is 5.81. The van der Waals surface area contributed by atoms with Gasteiger partial charge < -0.3 is 14.2 Å². The van der Waals surface area contributed by atoms with Crippen LogP contribution in [0, 0.1) is 6.92 Å². The van der Waals surface area contributed by atoms with Gasteiger partial charge in [-0.3, -0.25) is 0 Å². The van der Waals surface area contributed by atoms with E-state index in [0.29, 0.717) is 6.67 Å². The van der Waals surface area contributed by atoms with Crippen molar-refractivity contribution in [3.63, 3.8) is 0 Å². The van der Waals surface area contributed by atoms with Gasteiger partial charge in [0.15, 0.2) is 0 Å². The van der Waals surface area contributed by atoms with E-state index in [4.69, 9.17) is 9.84 Å². The second-order valence-corrected chi connectivity index (χ2v) is 6.48. The molecule has 25 heavy (non-hydrogen) atoms. The van der Waals surface area contributed by atoms with Crippen LogP contribution in [0.2, 0.25) is 0 Å². The third-order valence-electron chi connectivity index (χ3n) is 4.67. The molecule has 0 N–H and O–H groups in total. The summed E-state index contributed by atoms with van der Waals surface area (Å²) in [6.07, 6.45) is 8.90. The summed E-state index contributed by atoms with van der Waals surface area (Å²) in [7, 11) is 0. The summed E-state index contributed by atoms with van der Waals surface area (Å²) in [5.74, 6) is 1.83. The Bertz CT molecular complexity index is 968. The first-order valence-corrected chi connectivity index (χ1v) is 8.56. The lowest BCUT2D eigenvalue weighted by atomic mass is 10.1. The van der Waals surface area contributed by atoms with Gasteiger partial charge in [-0.25, -0.2) is 9.67 Å². The van der Waals surface area contributed by atoms with Crippen LogP contribution in [0.15, 0.2) is 42.9 Å². The number of nitrogens with zero attached hydrogens (tertiary/aromatic N) is 5. The Hall–Kier alpha value is -3.02. The van der Waals surface area contributed by atoms with Crippen LogP contribution in [0.1, 0.15) is 17.8 Å². The van der Waals surface area contributed by atoms with Gasteiger partial charge in [0.1, 0.15) is 23.9 Å². The van der Waals surface area contributed by atoms with Crippen LogP contribution in [-0.2, 0) is 13.2 Å². The zero-order valence-corrected chi connectivity index (χ0v) is 14.1. The zero-order valence-electron chi connectivity index (χ0n) is 14.1. The second kappa shape index (κ2) is 5.51. The summed E-state index contributed by atoms with van der Waals surface area (Å²) in [6.45, 7) is 4.43. The molecule has 2 aliphatic heterocycles. The molecule has 2 aromatic heterocycles. The smallest absolute Gasteiger partial charge is 0.237 e. The summed E-state index contributed by atoms with van der Waals surface area (Å²) in [5.41, 5.74) is 4.33. The molecular weight excluding hydrogens is 314 g/mol. The SMILES string of the molecule is Cc1cccc(-c2nn3c(c2N2C=Cc4nccn4C2)OCCC3)c1. The molecule has 0 saturated heterocycles. The Kier molecular flexibility index (Phi) is 3.16. The van der Waals surface area contributed by atoms with Crippen LogP contribution in [0.5, 0.6) is 5.88 Å². The molecule has 0 amide bonds. The molecule has 6 heteroatoms. The topological polar surface area (TPSA) is 48.1 Å². The number of hydrogen-bond donors (Lipinski definition) is 0. The average Bonchev–Trinajstić information content (AvgIpc) is 3.25. The molecular formula is C19H19N5O. The van der Waals surface area contributed by atoms with Gasteiger partial charge in [0.2, 0.25) is 5.88 Å². The number of rotatable bonds is 2. The van der Waals surface area contributed by atoms with Crippen molar-refractivity contribution in [3.05, 3.63) is 54.2 Å². The van der Waals surface area contributed by atoms with E-state index in [-0.39, 0.29) is 0 Å². The quantitative estimate of drug-likeness (QED) is 0.722. The molecule has 0 fully saturated rings. The Balaban J connectivity index is 1.66. The van der Waals surface area contributed by atoms with E-state index in [1.165, 1.54) is 5.56 Å². The van der Waals surface area contributed by atoms with Crippen molar-refractivity contribution in [2.45, 2.75) is 26.6 Å². The number of aryl methyl sites for hydroxylation is 2. The Morgan fingerprint density at radius 2 is 2.20 bits per heavy atom. The standard InChI is InChI=1S/C19H19N5O/c1-14-4-2-5-15(12-14)17-18(19-24(21-17)8-3-11-25-19)23-9-6-16-20-7-10-22(16)13-23/h2,4-7,9-10,12H,3,8,11,13H2,1H3. The highest BCUT2D eigenvalue weighted by Gasteiger charge is 2.28. The molecule has 0 radical (unpaired) electrons. The highest BCUT2D eigenvalue weighted by Crippen LogP contribution is 2.41. The molecule has 0 spiro atoms. The van der Waals surface area contributed by atoms with E-state index in [1.54, 1.807) is 0 Å². The molecule has 4 heterocycles. The molecule has 0 aliphatic carbocycles. The lowest BCUT2D eigenvalue weighted by Crippen LogP contribution is -2.25. The van der Waals surface area contributed by atoms with Crippen molar-refractivity contribution in [1.29, 1.82) is 0 Å². The van der Waals surface area contributed by atoms with Crippen molar-refractivity contribution in [3.8, 4) is 17.1 Å². The van der Waals surface area contributed by atoms with Gasteiger partial charge in [-0.1, -0.05) is 23.8 Å². The van der Waals surface area contributed by atoms with Crippen molar-refractivity contribution in [1.82, 2.24) is 19.3 Å². The molecule has 0 bridgehead atoms.